The number of benzene rings is 11. The predicted molar refractivity (Wildman–Crippen MR) is 241 cm³/mol. The zero-order chi connectivity index (χ0) is 37.0. The first-order valence-electron chi connectivity index (χ1n) is 19.4. The molecule has 0 aliphatic carbocycles. The number of hydrogen-bond acceptors (Lipinski definition) is 0. The SMILES string of the molecule is c1ccc(-c2cccc(-c3c4cc(-c5cccc6ccccc56)ccc4c(-c4cccc5ccccc45)c4c(-c5cccc6ccccc56)cccc34)c2)cc1. The van der Waals surface area contributed by atoms with Gasteiger partial charge in [0.1, 0.15) is 0 Å². The fraction of sp³-hybridized carbons (Fsp3) is 0. The summed E-state index contributed by atoms with van der Waals surface area (Å²) in [4.78, 5) is 0. The van der Waals surface area contributed by atoms with Crippen molar-refractivity contribution in [1.29, 1.82) is 0 Å². The quantitative estimate of drug-likeness (QED) is 0.156. The molecule has 0 atom stereocenters. The Morgan fingerprint density at radius 1 is 0.196 bits per heavy atom. The van der Waals surface area contributed by atoms with Crippen molar-refractivity contribution >= 4 is 53.9 Å². The molecule has 56 heavy (non-hydrogen) atoms. The molecule has 0 heterocycles. The maximum Gasteiger partial charge on any atom is -0.00137 e. The van der Waals surface area contributed by atoms with E-state index in [4.69, 9.17) is 0 Å². The third kappa shape index (κ3) is 5.22. The van der Waals surface area contributed by atoms with Gasteiger partial charge in [-0.25, -0.2) is 0 Å². The first kappa shape index (κ1) is 32.2. The van der Waals surface area contributed by atoms with Crippen molar-refractivity contribution in [2.45, 2.75) is 0 Å². The van der Waals surface area contributed by atoms with Crippen molar-refractivity contribution in [3.8, 4) is 55.6 Å². The highest BCUT2D eigenvalue weighted by molar-refractivity contribution is 6.28. The van der Waals surface area contributed by atoms with Gasteiger partial charge in [0.25, 0.3) is 0 Å². The lowest BCUT2D eigenvalue weighted by Crippen LogP contribution is -1.95. The molecule has 0 heteroatoms. The Kier molecular flexibility index (Phi) is 7.60. The van der Waals surface area contributed by atoms with Gasteiger partial charge in [0.05, 0.1) is 0 Å². The minimum Gasteiger partial charge on any atom is -0.0622 e. The Morgan fingerprint density at radius 2 is 0.679 bits per heavy atom. The minimum absolute atomic E-state index is 1.20. The van der Waals surface area contributed by atoms with E-state index in [9.17, 15) is 0 Å². The molecule has 0 spiro atoms. The summed E-state index contributed by atoms with van der Waals surface area (Å²) in [7, 11) is 0. The molecule has 0 N–H and O–H groups in total. The van der Waals surface area contributed by atoms with Crippen molar-refractivity contribution in [2.75, 3.05) is 0 Å². The summed E-state index contributed by atoms with van der Waals surface area (Å²) < 4.78 is 0. The average molecular weight is 709 g/mol. The smallest absolute Gasteiger partial charge is 0.00137 e. The average Bonchev–Trinajstić information content (AvgIpc) is 3.27. The van der Waals surface area contributed by atoms with Gasteiger partial charge in [-0.3, -0.25) is 0 Å². The van der Waals surface area contributed by atoms with Crippen LogP contribution in [-0.2, 0) is 0 Å². The lowest BCUT2D eigenvalue weighted by molar-refractivity contribution is 1.61. The summed E-state index contributed by atoms with van der Waals surface area (Å²) in [6.45, 7) is 0. The topological polar surface area (TPSA) is 0 Å². The van der Waals surface area contributed by atoms with Crippen molar-refractivity contribution in [2.24, 2.45) is 0 Å². The zero-order valence-corrected chi connectivity index (χ0v) is 30.8. The highest BCUT2D eigenvalue weighted by Crippen LogP contribution is 2.50. The molecule has 11 aromatic carbocycles. The van der Waals surface area contributed by atoms with Crippen LogP contribution in [0.2, 0.25) is 0 Å². The summed E-state index contributed by atoms with van der Waals surface area (Å²) in [5.74, 6) is 0. The summed E-state index contributed by atoms with van der Waals surface area (Å²) in [5, 5.41) is 12.5. The predicted octanol–water partition coefficient (Wildman–Crippen LogP) is 15.8. The molecule has 0 bridgehead atoms. The van der Waals surface area contributed by atoms with Gasteiger partial charge in [0, 0.05) is 0 Å². The Hall–Kier alpha value is -7.28. The lowest BCUT2D eigenvalue weighted by Gasteiger charge is -2.22. The normalized spacial score (nSPS) is 11.6. The summed E-state index contributed by atoms with van der Waals surface area (Å²) >= 11 is 0. The van der Waals surface area contributed by atoms with E-state index in [-0.39, 0.29) is 0 Å². The molecule has 0 saturated heterocycles. The van der Waals surface area contributed by atoms with Gasteiger partial charge in [-0.15, -0.1) is 0 Å². The fourth-order valence-electron chi connectivity index (χ4n) is 9.13. The van der Waals surface area contributed by atoms with E-state index in [2.05, 4.69) is 218 Å². The molecule has 0 saturated carbocycles. The first-order chi connectivity index (χ1) is 27.8. The van der Waals surface area contributed by atoms with E-state index < -0.39 is 0 Å². The molecule has 0 unspecified atom stereocenters. The molecule has 0 aromatic heterocycles. The van der Waals surface area contributed by atoms with Crippen molar-refractivity contribution < 1.29 is 0 Å². The van der Waals surface area contributed by atoms with Crippen molar-refractivity contribution in [1.82, 2.24) is 0 Å². The molecule has 0 aliphatic heterocycles. The molecule has 260 valence electrons. The van der Waals surface area contributed by atoms with Crippen LogP contribution in [0.3, 0.4) is 0 Å². The van der Waals surface area contributed by atoms with Crippen molar-refractivity contribution in [3.63, 3.8) is 0 Å². The molecular weight excluding hydrogens is 673 g/mol. The van der Waals surface area contributed by atoms with E-state index in [0.29, 0.717) is 0 Å². The van der Waals surface area contributed by atoms with Crippen LogP contribution in [-0.4, -0.2) is 0 Å². The second kappa shape index (κ2) is 13.2. The summed E-state index contributed by atoms with van der Waals surface area (Å²) in [5.41, 5.74) is 12.3. The summed E-state index contributed by atoms with van der Waals surface area (Å²) in [6.07, 6.45) is 0. The molecular formula is C56H36. The second-order valence-electron chi connectivity index (χ2n) is 14.8. The standard InChI is InChI=1S/C56H36/c1-2-15-37(16-3-1)41-23-10-24-43(35-41)54-52-32-14-31-50(48-29-12-21-39-18-5-8-26-45(39)48)56(52)55(49-30-13-22-40-19-6-9-27-46(40)49)51-34-33-42(36-53(51)54)47-28-11-20-38-17-4-7-25-44(38)47/h1-36H. The maximum absolute atomic E-state index is 2.46. The van der Waals surface area contributed by atoms with Gasteiger partial charge in [-0.2, -0.15) is 0 Å². The van der Waals surface area contributed by atoms with E-state index in [1.165, 1.54) is 109 Å². The molecule has 0 nitrogen and oxygen atoms in total. The Labute approximate surface area is 326 Å². The number of fused-ring (bicyclic) bond motifs is 5. The molecule has 0 radical (unpaired) electrons. The van der Waals surface area contributed by atoms with Crippen LogP contribution in [0.15, 0.2) is 218 Å². The van der Waals surface area contributed by atoms with E-state index in [1.54, 1.807) is 0 Å². The van der Waals surface area contributed by atoms with E-state index >= 15 is 0 Å². The van der Waals surface area contributed by atoms with Gasteiger partial charge in [0.15, 0.2) is 0 Å². The Morgan fingerprint density at radius 3 is 1.39 bits per heavy atom. The van der Waals surface area contributed by atoms with Crippen LogP contribution < -0.4 is 0 Å². The summed E-state index contributed by atoms with van der Waals surface area (Å²) in [6, 6.07) is 80.5. The molecule has 11 aromatic rings. The van der Waals surface area contributed by atoms with E-state index in [0.717, 1.165) is 0 Å². The number of rotatable bonds is 5. The monoisotopic (exact) mass is 708 g/mol. The van der Waals surface area contributed by atoms with Gasteiger partial charge >= 0.3 is 0 Å². The first-order valence-corrected chi connectivity index (χ1v) is 19.4. The zero-order valence-electron chi connectivity index (χ0n) is 30.8. The van der Waals surface area contributed by atoms with Crippen LogP contribution in [0, 0.1) is 0 Å². The minimum atomic E-state index is 1.20. The molecule has 11 rings (SSSR count). The van der Waals surface area contributed by atoms with Crippen LogP contribution in [0.5, 0.6) is 0 Å². The van der Waals surface area contributed by atoms with Crippen LogP contribution >= 0.6 is 0 Å². The maximum atomic E-state index is 2.46. The Balaban J connectivity index is 1.34. The van der Waals surface area contributed by atoms with Crippen molar-refractivity contribution in [3.05, 3.63) is 218 Å². The highest BCUT2D eigenvalue weighted by Gasteiger charge is 2.22. The number of hydrogen-bond donors (Lipinski definition) is 0. The van der Waals surface area contributed by atoms with Crippen LogP contribution in [0.25, 0.3) is 109 Å². The largest absolute Gasteiger partial charge is 0.0622 e. The highest BCUT2D eigenvalue weighted by atomic mass is 14.3. The third-order valence-corrected chi connectivity index (χ3v) is 11.6. The molecule has 0 aliphatic rings. The van der Waals surface area contributed by atoms with E-state index in [1.807, 2.05) is 0 Å². The molecule has 0 amide bonds. The second-order valence-corrected chi connectivity index (χ2v) is 14.8. The van der Waals surface area contributed by atoms with Crippen LogP contribution in [0.1, 0.15) is 0 Å². The third-order valence-electron chi connectivity index (χ3n) is 11.6. The molecule has 0 fully saturated rings. The van der Waals surface area contributed by atoms with Gasteiger partial charge in [0.2, 0.25) is 0 Å². The van der Waals surface area contributed by atoms with Crippen LogP contribution in [0.4, 0.5) is 0 Å². The van der Waals surface area contributed by atoms with Gasteiger partial charge in [-0.05, 0) is 122 Å². The van der Waals surface area contributed by atoms with Gasteiger partial charge in [-0.1, -0.05) is 206 Å². The van der Waals surface area contributed by atoms with Gasteiger partial charge < -0.3 is 0 Å². The fourth-order valence-corrected chi connectivity index (χ4v) is 9.13. The Bertz CT molecular complexity index is 3280. The lowest BCUT2D eigenvalue weighted by atomic mass is 9.80.